The Labute approximate surface area is 177 Å². The molecule has 1 unspecified atom stereocenters. The quantitative estimate of drug-likeness (QED) is 0.345. The van der Waals surface area contributed by atoms with Gasteiger partial charge in [0.05, 0.1) is 6.04 Å². The van der Waals surface area contributed by atoms with Crippen LogP contribution >= 0.6 is 47.3 Å². The van der Waals surface area contributed by atoms with Gasteiger partial charge < -0.3 is 15.4 Å². The van der Waals surface area contributed by atoms with Crippen LogP contribution in [0.1, 0.15) is 38.3 Å². The summed E-state index contributed by atoms with van der Waals surface area (Å²) in [4.78, 5) is 4.37. The van der Waals surface area contributed by atoms with Crippen molar-refractivity contribution in [1.82, 2.24) is 10.6 Å². The molecule has 0 aromatic heterocycles. The van der Waals surface area contributed by atoms with E-state index in [1.54, 1.807) is 0 Å². The Morgan fingerprint density at radius 3 is 2.72 bits per heavy atom. The zero-order valence-corrected chi connectivity index (χ0v) is 19.1. The predicted octanol–water partition coefficient (Wildman–Crippen LogP) is 4.49. The molecular weight excluding hydrogens is 469 g/mol. The maximum absolute atomic E-state index is 6.09. The monoisotopic (exact) mass is 497 g/mol. The van der Waals surface area contributed by atoms with E-state index in [1.165, 1.54) is 0 Å². The average Bonchev–Trinajstić information content (AvgIpc) is 2.59. The van der Waals surface area contributed by atoms with Crippen LogP contribution in [0.5, 0.6) is 0 Å². The van der Waals surface area contributed by atoms with E-state index in [9.17, 15) is 0 Å². The molecule has 1 aromatic rings. The minimum Gasteiger partial charge on any atom is -0.381 e. The molecule has 0 spiro atoms. The third-order valence-corrected chi connectivity index (χ3v) is 6.05. The Morgan fingerprint density at radius 2 is 2.12 bits per heavy atom. The van der Waals surface area contributed by atoms with E-state index in [-0.39, 0.29) is 34.8 Å². The van der Waals surface area contributed by atoms with Crippen LogP contribution in [0.15, 0.2) is 29.3 Å². The van der Waals surface area contributed by atoms with Crippen LogP contribution < -0.4 is 10.6 Å². The van der Waals surface area contributed by atoms with Gasteiger partial charge in [-0.1, -0.05) is 30.7 Å². The van der Waals surface area contributed by atoms with E-state index in [2.05, 4.69) is 35.5 Å². The molecule has 1 atom stereocenters. The van der Waals surface area contributed by atoms with Gasteiger partial charge in [-0.3, -0.25) is 4.99 Å². The molecule has 0 bridgehead atoms. The highest BCUT2D eigenvalue weighted by Crippen LogP contribution is 2.34. The second-order valence-electron chi connectivity index (χ2n) is 6.08. The maximum atomic E-state index is 6.09. The van der Waals surface area contributed by atoms with Crippen molar-refractivity contribution < 1.29 is 4.74 Å². The molecule has 142 valence electrons. The largest absolute Gasteiger partial charge is 0.381 e. The van der Waals surface area contributed by atoms with Gasteiger partial charge >= 0.3 is 0 Å². The van der Waals surface area contributed by atoms with Crippen molar-refractivity contribution in [3.8, 4) is 0 Å². The smallest absolute Gasteiger partial charge is 0.191 e. The van der Waals surface area contributed by atoms with E-state index in [1.807, 2.05) is 37.0 Å². The van der Waals surface area contributed by atoms with Crippen molar-refractivity contribution >= 4 is 53.3 Å². The van der Waals surface area contributed by atoms with Crippen LogP contribution in [-0.2, 0) is 4.74 Å². The van der Waals surface area contributed by atoms with Crippen molar-refractivity contribution in [2.45, 2.75) is 37.5 Å². The summed E-state index contributed by atoms with van der Waals surface area (Å²) in [5.41, 5.74) is 1.15. The average molecular weight is 498 g/mol. The van der Waals surface area contributed by atoms with E-state index in [0.29, 0.717) is 0 Å². The Balaban J connectivity index is 0.00000312. The molecule has 1 heterocycles. The second-order valence-corrected chi connectivity index (χ2v) is 8.24. The highest BCUT2D eigenvalue weighted by molar-refractivity contribution is 14.0. The van der Waals surface area contributed by atoms with Crippen molar-refractivity contribution in [2.75, 3.05) is 32.6 Å². The van der Waals surface area contributed by atoms with Gasteiger partial charge in [0, 0.05) is 36.6 Å². The first kappa shape index (κ1) is 22.9. The molecule has 1 aliphatic heterocycles. The van der Waals surface area contributed by atoms with Gasteiger partial charge in [-0.05, 0) is 43.2 Å². The molecule has 0 amide bonds. The molecular formula is C18H29ClIN3OS. The van der Waals surface area contributed by atoms with Gasteiger partial charge in [-0.2, -0.15) is 11.8 Å². The number of aliphatic imine (C=N–C) groups is 1. The number of hydrogen-bond acceptors (Lipinski definition) is 3. The number of rotatable bonds is 6. The highest BCUT2D eigenvalue weighted by Gasteiger charge is 2.32. The van der Waals surface area contributed by atoms with Crippen LogP contribution in [0.25, 0.3) is 0 Å². The molecule has 1 aliphatic rings. The minimum absolute atomic E-state index is 0. The summed E-state index contributed by atoms with van der Waals surface area (Å²) >= 11 is 8.11. The molecule has 2 N–H and O–H groups in total. The number of guanidine groups is 1. The Bertz CT molecular complexity index is 547. The molecule has 25 heavy (non-hydrogen) atoms. The fourth-order valence-corrected chi connectivity index (χ4v) is 4.37. The number of ether oxygens (including phenoxy) is 1. The van der Waals surface area contributed by atoms with Crippen LogP contribution in [0.2, 0.25) is 5.02 Å². The summed E-state index contributed by atoms with van der Waals surface area (Å²) in [6.07, 6.45) is 2.17. The van der Waals surface area contributed by atoms with Crippen molar-refractivity contribution in [3.05, 3.63) is 34.9 Å². The number of halogens is 2. The Hall–Kier alpha value is -0.180. The number of thioether (sulfide) groups is 1. The first-order valence-corrected chi connectivity index (χ1v) is 9.89. The van der Waals surface area contributed by atoms with E-state index < -0.39 is 0 Å². The predicted molar refractivity (Wildman–Crippen MR) is 121 cm³/mol. The molecule has 7 heteroatoms. The van der Waals surface area contributed by atoms with Gasteiger partial charge in [0.1, 0.15) is 0 Å². The minimum atomic E-state index is 0. The molecule has 4 nitrogen and oxygen atoms in total. The summed E-state index contributed by atoms with van der Waals surface area (Å²) < 4.78 is 5.78. The van der Waals surface area contributed by atoms with Gasteiger partial charge in [-0.25, -0.2) is 0 Å². The lowest BCUT2D eigenvalue weighted by Gasteiger charge is -2.37. The first-order chi connectivity index (χ1) is 11.6. The Morgan fingerprint density at radius 1 is 1.40 bits per heavy atom. The van der Waals surface area contributed by atoms with Crippen LogP contribution in [0.4, 0.5) is 0 Å². The van der Waals surface area contributed by atoms with Crippen LogP contribution in [0, 0.1) is 0 Å². The van der Waals surface area contributed by atoms with Gasteiger partial charge in [0.25, 0.3) is 0 Å². The molecule has 1 fully saturated rings. The third kappa shape index (κ3) is 7.15. The van der Waals surface area contributed by atoms with Crippen molar-refractivity contribution in [3.63, 3.8) is 0 Å². The fourth-order valence-electron chi connectivity index (χ4n) is 2.93. The SMILES string of the molecule is CCSC1(CNC(=NC)NC(C)c2cccc(Cl)c2)CCOCC1.I. The van der Waals surface area contributed by atoms with E-state index in [4.69, 9.17) is 16.3 Å². The highest BCUT2D eigenvalue weighted by atomic mass is 127. The third-order valence-electron chi connectivity index (χ3n) is 4.36. The standard InChI is InChI=1S/C18H28ClN3OS.HI/c1-4-24-18(8-10-23-11-9-18)13-21-17(20-3)22-14(2)15-6-5-7-16(19)12-15;/h5-7,12,14H,4,8-11,13H2,1-3H3,(H2,20,21,22);1H. The van der Waals surface area contributed by atoms with E-state index in [0.717, 1.165) is 54.9 Å². The van der Waals surface area contributed by atoms with Crippen molar-refractivity contribution in [2.24, 2.45) is 4.99 Å². The lowest BCUT2D eigenvalue weighted by molar-refractivity contribution is 0.0782. The number of nitrogens with zero attached hydrogens (tertiary/aromatic N) is 1. The maximum Gasteiger partial charge on any atom is 0.191 e. The second kappa shape index (κ2) is 11.5. The van der Waals surface area contributed by atoms with Crippen LogP contribution in [-0.4, -0.2) is 43.3 Å². The van der Waals surface area contributed by atoms with Crippen molar-refractivity contribution in [1.29, 1.82) is 0 Å². The lowest BCUT2D eigenvalue weighted by atomic mass is 9.99. The molecule has 0 radical (unpaired) electrons. The van der Waals surface area contributed by atoms with Gasteiger partial charge in [0.15, 0.2) is 5.96 Å². The molecule has 0 aliphatic carbocycles. The van der Waals surface area contributed by atoms with E-state index >= 15 is 0 Å². The lowest BCUT2D eigenvalue weighted by Crippen LogP contribution is -2.48. The number of hydrogen-bond donors (Lipinski definition) is 2. The molecule has 2 rings (SSSR count). The summed E-state index contributed by atoms with van der Waals surface area (Å²) in [6, 6.07) is 8.06. The summed E-state index contributed by atoms with van der Waals surface area (Å²) in [7, 11) is 1.81. The van der Waals surface area contributed by atoms with Crippen LogP contribution in [0.3, 0.4) is 0 Å². The fraction of sp³-hybridized carbons (Fsp3) is 0.611. The molecule has 0 saturated carbocycles. The number of benzene rings is 1. The Kier molecular flexibility index (Phi) is 10.5. The molecule has 1 aromatic carbocycles. The molecule has 1 saturated heterocycles. The summed E-state index contributed by atoms with van der Waals surface area (Å²) in [6.45, 7) is 6.93. The normalized spacial score (nSPS) is 18.2. The first-order valence-electron chi connectivity index (χ1n) is 8.53. The summed E-state index contributed by atoms with van der Waals surface area (Å²) in [5, 5.41) is 7.71. The zero-order chi connectivity index (χ0) is 17.4. The van der Waals surface area contributed by atoms with Gasteiger partial charge in [0.2, 0.25) is 0 Å². The van der Waals surface area contributed by atoms with Gasteiger partial charge in [-0.15, -0.1) is 24.0 Å². The zero-order valence-electron chi connectivity index (χ0n) is 15.2. The topological polar surface area (TPSA) is 45.7 Å². The summed E-state index contributed by atoms with van der Waals surface area (Å²) in [5.74, 6) is 1.94. The number of nitrogens with one attached hydrogen (secondary N) is 2.